The van der Waals surface area contributed by atoms with Gasteiger partial charge in [-0.25, -0.2) is 0 Å². The second-order valence-corrected chi connectivity index (χ2v) is 6.06. The molecule has 0 unspecified atom stereocenters. The fraction of sp³-hybridized carbons (Fsp3) is 0.0625. The van der Waals surface area contributed by atoms with Crippen molar-refractivity contribution in [3.05, 3.63) is 64.7 Å². The van der Waals surface area contributed by atoms with Gasteiger partial charge in [0.15, 0.2) is 5.82 Å². The first-order valence-corrected chi connectivity index (χ1v) is 8.07. The van der Waals surface area contributed by atoms with Crippen LogP contribution in [0.1, 0.15) is 15.9 Å². The molecule has 0 bridgehead atoms. The zero-order chi connectivity index (χ0) is 18.0. The van der Waals surface area contributed by atoms with Crippen LogP contribution in [0, 0.1) is 0 Å². The molecule has 2 aromatic carbocycles. The molecule has 0 saturated carbocycles. The zero-order valence-corrected chi connectivity index (χ0v) is 13.9. The molecule has 0 fully saturated rings. The molecule has 128 valence electrons. The van der Waals surface area contributed by atoms with Crippen molar-refractivity contribution in [2.24, 2.45) is 0 Å². The van der Waals surface area contributed by atoms with E-state index in [2.05, 4.69) is 14.7 Å². The van der Waals surface area contributed by atoms with Crippen LogP contribution in [0.25, 0.3) is 11.4 Å². The average molecular weight is 384 g/mol. The molecular formula is C16H9ClF3N3OS. The molecule has 0 aliphatic rings. The van der Waals surface area contributed by atoms with Crippen LogP contribution in [0.4, 0.5) is 18.3 Å². The fourth-order valence-electron chi connectivity index (χ4n) is 2.12. The van der Waals surface area contributed by atoms with Crippen LogP contribution < -0.4 is 5.32 Å². The summed E-state index contributed by atoms with van der Waals surface area (Å²) in [5.41, 5.74) is -0.752. The van der Waals surface area contributed by atoms with E-state index in [1.165, 1.54) is 24.3 Å². The van der Waals surface area contributed by atoms with E-state index in [1.54, 1.807) is 18.2 Å². The van der Waals surface area contributed by atoms with Crippen molar-refractivity contribution in [3.63, 3.8) is 0 Å². The zero-order valence-electron chi connectivity index (χ0n) is 12.3. The molecule has 0 atom stereocenters. The Hall–Kier alpha value is -2.45. The second kappa shape index (κ2) is 6.81. The maximum absolute atomic E-state index is 13.1. The first-order chi connectivity index (χ1) is 11.9. The molecule has 4 nitrogen and oxygen atoms in total. The molecule has 9 heteroatoms. The number of anilines is 1. The third kappa shape index (κ3) is 3.80. The topological polar surface area (TPSA) is 54.9 Å². The SMILES string of the molecule is O=C(Nc1nc(-c2ccccc2C(F)(F)F)ns1)c1ccccc1Cl. The predicted molar refractivity (Wildman–Crippen MR) is 89.8 cm³/mol. The van der Waals surface area contributed by atoms with E-state index in [0.29, 0.717) is 0 Å². The summed E-state index contributed by atoms with van der Waals surface area (Å²) >= 11 is 6.73. The Bertz CT molecular complexity index is 927. The van der Waals surface area contributed by atoms with Gasteiger partial charge < -0.3 is 0 Å². The number of benzene rings is 2. The number of carbonyl (C=O) groups excluding carboxylic acids is 1. The molecule has 0 aliphatic heterocycles. The number of carbonyl (C=O) groups is 1. The van der Waals surface area contributed by atoms with Crippen molar-refractivity contribution >= 4 is 34.2 Å². The highest BCUT2D eigenvalue weighted by Gasteiger charge is 2.34. The van der Waals surface area contributed by atoms with Crippen molar-refractivity contribution < 1.29 is 18.0 Å². The Morgan fingerprint density at radius 2 is 1.76 bits per heavy atom. The van der Waals surface area contributed by atoms with Crippen LogP contribution in [0.2, 0.25) is 5.02 Å². The van der Waals surface area contributed by atoms with Crippen LogP contribution in [-0.2, 0) is 6.18 Å². The largest absolute Gasteiger partial charge is 0.417 e. The van der Waals surface area contributed by atoms with Crippen LogP contribution in [0.15, 0.2) is 48.5 Å². The monoisotopic (exact) mass is 383 g/mol. The maximum atomic E-state index is 13.1. The predicted octanol–water partition coefficient (Wildman–Crippen LogP) is 5.13. The van der Waals surface area contributed by atoms with Crippen molar-refractivity contribution in [2.75, 3.05) is 5.32 Å². The highest BCUT2D eigenvalue weighted by atomic mass is 35.5. The fourth-order valence-corrected chi connectivity index (χ4v) is 2.92. The van der Waals surface area contributed by atoms with E-state index in [0.717, 1.165) is 17.6 Å². The van der Waals surface area contributed by atoms with Gasteiger partial charge in [-0.05, 0) is 18.2 Å². The summed E-state index contributed by atoms with van der Waals surface area (Å²) in [6.45, 7) is 0. The number of rotatable bonds is 3. The molecule has 3 aromatic rings. The molecular weight excluding hydrogens is 375 g/mol. The summed E-state index contributed by atoms with van der Waals surface area (Å²) in [6, 6.07) is 11.4. The van der Waals surface area contributed by atoms with Crippen LogP contribution >= 0.6 is 23.1 Å². The summed E-state index contributed by atoms with van der Waals surface area (Å²) < 4.78 is 43.2. The third-order valence-corrected chi connectivity index (χ3v) is 4.20. The summed E-state index contributed by atoms with van der Waals surface area (Å²) in [5, 5.41) is 2.82. The maximum Gasteiger partial charge on any atom is 0.417 e. The molecule has 1 heterocycles. The van der Waals surface area contributed by atoms with Gasteiger partial charge in [-0.3, -0.25) is 10.1 Å². The molecule has 25 heavy (non-hydrogen) atoms. The second-order valence-electron chi connectivity index (χ2n) is 4.90. The number of nitrogens with zero attached hydrogens (tertiary/aromatic N) is 2. The van der Waals surface area contributed by atoms with Gasteiger partial charge in [0.2, 0.25) is 5.13 Å². The molecule has 0 radical (unpaired) electrons. The molecule has 1 N–H and O–H groups in total. The van der Waals surface area contributed by atoms with Gasteiger partial charge >= 0.3 is 6.18 Å². The van der Waals surface area contributed by atoms with Crippen LogP contribution in [0.3, 0.4) is 0 Å². The quantitative estimate of drug-likeness (QED) is 0.682. The Labute approximate surface area is 149 Å². The lowest BCUT2D eigenvalue weighted by atomic mass is 10.1. The lowest BCUT2D eigenvalue weighted by molar-refractivity contribution is -0.137. The van der Waals surface area contributed by atoms with Crippen molar-refractivity contribution in [2.45, 2.75) is 6.18 Å². The number of halogens is 4. The number of hydrogen-bond acceptors (Lipinski definition) is 4. The van der Waals surface area contributed by atoms with Crippen LogP contribution in [-0.4, -0.2) is 15.3 Å². The normalized spacial score (nSPS) is 11.4. The van der Waals surface area contributed by atoms with Crippen molar-refractivity contribution in [1.29, 1.82) is 0 Å². The minimum atomic E-state index is -4.52. The average Bonchev–Trinajstić information content (AvgIpc) is 3.03. The number of hydrogen-bond donors (Lipinski definition) is 1. The standard InChI is InChI=1S/C16H9ClF3N3OS/c17-12-8-4-2-6-10(12)14(24)22-15-21-13(23-25-15)9-5-1-3-7-11(9)16(18,19)20/h1-8H,(H,21,22,23,24). The Morgan fingerprint density at radius 3 is 2.48 bits per heavy atom. The summed E-state index contributed by atoms with van der Waals surface area (Å²) in [5.74, 6) is -0.621. The molecule has 1 amide bonds. The molecule has 3 rings (SSSR count). The van der Waals surface area contributed by atoms with Crippen molar-refractivity contribution in [1.82, 2.24) is 9.36 Å². The molecule has 0 spiro atoms. The van der Waals surface area contributed by atoms with Gasteiger partial charge in [0.1, 0.15) is 0 Å². The summed E-state index contributed by atoms with van der Waals surface area (Å²) in [4.78, 5) is 16.2. The Kier molecular flexibility index (Phi) is 4.73. The van der Waals surface area contributed by atoms with Gasteiger partial charge in [0.05, 0.1) is 16.1 Å². The number of aromatic nitrogens is 2. The molecule has 1 aromatic heterocycles. The smallest absolute Gasteiger partial charge is 0.297 e. The van der Waals surface area contributed by atoms with Gasteiger partial charge in [0, 0.05) is 17.1 Å². The van der Waals surface area contributed by atoms with Gasteiger partial charge in [-0.1, -0.05) is 41.9 Å². The third-order valence-electron chi connectivity index (χ3n) is 3.24. The van der Waals surface area contributed by atoms with E-state index in [9.17, 15) is 18.0 Å². The van der Waals surface area contributed by atoms with Gasteiger partial charge in [-0.2, -0.15) is 22.5 Å². The highest BCUT2D eigenvalue weighted by molar-refractivity contribution is 7.10. The molecule has 0 saturated heterocycles. The minimum Gasteiger partial charge on any atom is -0.297 e. The van der Waals surface area contributed by atoms with Crippen LogP contribution in [0.5, 0.6) is 0 Å². The first kappa shape index (κ1) is 17.4. The van der Waals surface area contributed by atoms with E-state index >= 15 is 0 Å². The van der Waals surface area contributed by atoms with E-state index < -0.39 is 17.6 Å². The van der Waals surface area contributed by atoms with E-state index in [1.807, 2.05) is 0 Å². The van der Waals surface area contributed by atoms with Crippen molar-refractivity contribution in [3.8, 4) is 11.4 Å². The molecule has 0 aliphatic carbocycles. The van der Waals surface area contributed by atoms with E-state index in [-0.39, 0.29) is 27.1 Å². The number of nitrogens with one attached hydrogen (secondary N) is 1. The lowest BCUT2D eigenvalue weighted by Gasteiger charge is -2.09. The van der Waals surface area contributed by atoms with E-state index in [4.69, 9.17) is 11.6 Å². The number of amides is 1. The highest BCUT2D eigenvalue weighted by Crippen LogP contribution is 2.36. The summed E-state index contributed by atoms with van der Waals surface area (Å²) in [7, 11) is 0. The Morgan fingerprint density at radius 1 is 1.08 bits per heavy atom. The number of alkyl halides is 3. The Balaban J connectivity index is 1.87. The minimum absolute atomic E-state index is 0.0805. The first-order valence-electron chi connectivity index (χ1n) is 6.92. The van der Waals surface area contributed by atoms with Gasteiger partial charge in [0.25, 0.3) is 5.91 Å². The lowest BCUT2D eigenvalue weighted by Crippen LogP contribution is -2.12. The van der Waals surface area contributed by atoms with Gasteiger partial charge in [-0.15, -0.1) is 0 Å². The summed E-state index contributed by atoms with van der Waals surface area (Å²) in [6.07, 6.45) is -4.52.